The summed E-state index contributed by atoms with van der Waals surface area (Å²) in [6.45, 7) is 4.27. The summed E-state index contributed by atoms with van der Waals surface area (Å²) in [6, 6.07) is 10.2. The lowest BCUT2D eigenvalue weighted by atomic mass is 9.94. The van der Waals surface area contributed by atoms with Crippen LogP contribution < -0.4 is 14.2 Å². The van der Waals surface area contributed by atoms with Crippen LogP contribution in [0.15, 0.2) is 41.4 Å². The second-order valence-corrected chi connectivity index (χ2v) is 8.78. The van der Waals surface area contributed by atoms with Crippen molar-refractivity contribution >= 4 is 10.0 Å². The van der Waals surface area contributed by atoms with Crippen molar-refractivity contribution in [2.24, 2.45) is 0 Å². The standard InChI is InChI=1S/C21H25N3O4S/c1-3-27-20-10-9-19(12-15(20)2)29(25,26)24-17-5-7-18(8-6-17)28-21-11-4-16(13-22)14-23-21/h4,9-12,14,17-18,24H,3,5-8H2,1-2H3. The molecule has 1 aliphatic rings. The van der Waals surface area contributed by atoms with E-state index in [9.17, 15) is 8.42 Å². The number of benzene rings is 1. The topological polar surface area (TPSA) is 101 Å². The van der Waals surface area contributed by atoms with Crippen molar-refractivity contribution in [3.63, 3.8) is 0 Å². The number of sulfonamides is 1. The van der Waals surface area contributed by atoms with Crippen LogP contribution in [-0.2, 0) is 10.0 Å². The highest BCUT2D eigenvalue weighted by atomic mass is 32.2. The van der Waals surface area contributed by atoms with Crippen LogP contribution in [0.5, 0.6) is 11.6 Å². The number of nitrogens with zero attached hydrogens (tertiary/aromatic N) is 2. The van der Waals surface area contributed by atoms with Crippen LogP contribution in [-0.4, -0.2) is 32.2 Å². The van der Waals surface area contributed by atoms with Crippen LogP contribution in [0.2, 0.25) is 0 Å². The van der Waals surface area contributed by atoms with Gasteiger partial charge in [0.25, 0.3) is 0 Å². The summed E-state index contributed by atoms with van der Waals surface area (Å²) in [5, 5.41) is 8.81. The molecule has 8 heteroatoms. The van der Waals surface area contributed by atoms with Crippen LogP contribution in [0.1, 0.15) is 43.7 Å². The molecule has 0 aliphatic heterocycles. The van der Waals surface area contributed by atoms with E-state index in [1.807, 2.05) is 19.9 Å². The monoisotopic (exact) mass is 415 g/mol. The maximum atomic E-state index is 12.7. The Balaban J connectivity index is 1.55. The van der Waals surface area contributed by atoms with Gasteiger partial charge < -0.3 is 9.47 Å². The lowest BCUT2D eigenvalue weighted by Crippen LogP contribution is -2.39. The maximum Gasteiger partial charge on any atom is 0.240 e. The maximum absolute atomic E-state index is 12.7. The minimum absolute atomic E-state index is 0.0103. The number of ether oxygens (including phenoxy) is 2. The van der Waals surface area contributed by atoms with Gasteiger partial charge in [-0.1, -0.05) is 0 Å². The number of aromatic nitrogens is 1. The smallest absolute Gasteiger partial charge is 0.240 e. The zero-order valence-corrected chi connectivity index (χ0v) is 17.4. The van der Waals surface area contributed by atoms with E-state index in [0.29, 0.717) is 36.6 Å². The number of aryl methyl sites for hydroxylation is 1. The lowest BCUT2D eigenvalue weighted by Gasteiger charge is -2.29. The molecule has 0 spiro atoms. The summed E-state index contributed by atoms with van der Waals surface area (Å²) < 4.78 is 39.6. The van der Waals surface area contributed by atoms with Crippen molar-refractivity contribution in [1.82, 2.24) is 9.71 Å². The molecule has 1 heterocycles. The molecule has 0 radical (unpaired) electrons. The normalized spacial score (nSPS) is 19.3. The van der Waals surface area contributed by atoms with Crippen LogP contribution >= 0.6 is 0 Å². The van der Waals surface area contributed by atoms with Gasteiger partial charge in [-0.25, -0.2) is 18.1 Å². The third kappa shape index (κ3) is 5.46. The number of pyridine rings is 1. The molecule has 0 unspecified atom stereocenters. The van der Waals surface area contributed by atoms with Gasteiger partial charge in [0.05, 0.1) is 17.1 Å². The van der Waals surface area contributed by atoms with Crippen molar-refractivity contribution in [2.45, 2.75) is 56.6 Å². The van der Waals surface area contributed by atoms with E-state index in [1.54, 1.807) is 30.3 Å². The number of nitriles is 1. The molecule has 1 fully saturated rings. The number of nitrogens with one attached hydrogen (secondary N) is 1. The summed E-state index contributed by atoms with van der Waals surface area (Å²) in [7, 11) is -3.59. The SMILES string of the molecule is CCOc1ccc(S(=O)(=O)NC2CCC(Oc3ccc(C#N)cn3)CC2)cc1C. The van der Waals surface area contributed by atoms with E-state index in [4.69, 9.17) is 14.7 Å². The zero-order valence-electron chi connectivity index (χ0n) is 16.6. The minimum Gasteiger partial charge on any atom is -0.494 e. The van der Waals surface area contributed by atoms with Gasteiger partial charge in [0.15, 0.2) is 0 Å². The average Bonchev–Trinajstić information content (AvgIpc) is 2.71. The minimum atomic E-state index is -3.59. The lowest BCUT2D eigenvalue weighted by molar-refractivity contribution is 0.138. The van der Waals surface area contributed by atoms with E-state index < -0.39 is 10.0 Å². The highest BCUT2D eigenvalue weighted by molar-refractivity contribution is 7.89. The van der Waals surface area contributed by atoms with Crippen LogP contribution in [0.25, 0.3) is 0 Å². The molecule has 7 nitrogen and oxygen atoms in total. The molecule has 1 aromatic carbocycles. The first-order valence-corrected chi connectivity index (χ1v) is 11.2. The Morgan fingerprint density at radius 1 is 1.21 bits per heavy atom. The Morgan fingerprint density at radius 3 is 2.55 bits per heavy atom. The third-order valence-corrected chi connectivity index (χ3v) is 6.42. The van der Waals surface area contributed by atoms with Gasteiger partial charge >= 0.3 is 0 Å². The molecule has 0 atom stereocenters. The fourth-order valence-electron chi connectivity index (χ4n) is 3.38. The predicted octanol–water partition coefficient (Wildman–Crippen LogP) is 3.33. The Labute approximate surface area is 171 Å². The Bertz CT molecular complexity index is 976. The van der Waals surface area contributed by atoms with E-state index in [1.165, 1.54) is 6.20 Å². The van der Waals surface area contributed by atoms with Gasteiger partial charge in [-0.05, 0) is 69.4 Å². The molecule has 1 aliphatic carbocycles. The highest BCUT2D eigenvalue weighted by Gasteiger charge is 2.27. The van der Waals surface area contributed by atoms with E-state index in [-0.39, 0.29) is 17.0 Å². The first-order valence-electron chi connectivity index (χ1n) is 9.70. The van der Waals surface area contributed by atoms with Gasteiger partial charge in [-0.15, -0.1) is 0 Å². The fraction of sp³-hybridized carbons (Fsp3) is 0.429. The Morgan fingerprint density at radius 2 is 1.97 bits per heavy atom. The second-order valence-electron chi connectivity index (χ2n) is 7.07. The Kier molecular flexibility index (Phi) is 6.72. The molecule has 1 aromatic heterocycles. The van der Waals surface area contributed by atoms with E-state index in [0.717, 1.165) is 18.4 Å². The van der Waals surface area contributed by atoms with Gasteiger partial charge in [-0.3, -0.25) is 0 Å². The molecule has 3 rings (SSSR count). The van der Waals surface area contributed by atoms with Crippen molar-refractivity contribution in [2.75, 3.05) is 6.61 Å². The molecule has 0 saturated heterocycles. The number of rotatable bonds is 7. The largest absolute Gasteiger partial charge is 0.494 e. The molecule has 0 bridgehead atoms. The summed E-state index contributed by atoms with van der Waals surface area (Å²) in [6.07, 6.45) is 4.32. The zero-order chi connectivity index (χ0) is 20.9. The van der Waals surface area contributed by atoms with Gasteiger partial charge in [0.2, 0.25) is 15.9 Å². The molecular formula is C21H25N3O4S. The molecule has 1 N–H and O–H groups in total. The molecule has 0 amide bonds. The predicted molar refractivity (Wildman–Crippen MR) is 108 cm³/mol. The molecular weight excluding hydrogens is 390 g/mol. The number of hydrogen-bond acceptors (Lipinski definition) is 6. The number of hydrogen-bond donors (Lipinski definition) is 1. The Hall–Kier alpha value is -2.63. The van der Waals surface area contributed by atoms with Gasteiger partial charge in [0.1, 0.15) is 17.9 Å². The van der Waals surface area contributed by atoms with Crippen molar-refractivity contribution in [3.05, 3.63) is 47.7 Å². The van der Waals surface area contributed by atoms with Crippen LogP contribution in [0.4, 0.5) is 0 Å². The highest BCUT2D eigenvalue weighted by Crippen LogP contribution is 2.26. The molecule has 154 valence electrons. The van der Waals surface area contributed by atoms with Crippen molar-refractivity contribution in [1.29, 1.82) is 5.26 Å². The average molecular weight is 416 g/mol. The van der Waals surface area contributed by atoms with E-state index >= 15 is 0 Å². The van der Waals surface area contributed by atoms with Crippen molar-refractivity contribution < 1.29 is 17.9 Å². The third-order valence-electron chi connectivity index (χ3n) is 4.91. The first-order chi connectivity index (χ1) is 13.9. The molecule has 29 heavy (non-hydrogen) atoms. The molecule has 2 aromatic rings. The van der Waals surface area contributed by atoms with Crippen LogP contribution in [0, 0.1) is 18.3 Å². The van der Waals surface area contributed by atoms with Gasteiger partial charge in [0, 0.05) is 18.3 Å². The molecule has 1 saturated carbocycles. The summed E-state index contributed by atoms with van der Waals surface area (Å²) in [5.74, 6) is 1.18. The first kappa shape index (κ1) is 21.1. The fourth-order valence-corrected chi connectivity index (χ4v) is 4.77. The quantitative estimate of drug-likeness (QED) is 0.744. The van der Waals surface area contributed by atoms with Crippen LogP contribution in [0.3, 0.4) is 0 Å². The van der Waals surface area contributed by atoms with Crippen molar-refractivity contribution in [3.8, 4) is 17.7 Å². The van der Waals surface area contributed by atoms with E-state index in [2.05, 4.69) is 9.71 Å². The summed E-state index contributed by atoms with van der Waals surface area (Å²) in [5.41, 5.74) is 1.28. The summed E-state index contributed by atoms with van der Waals surface area (Å²) >= 11 is 0. The second kappa shape index (κ2) is 9.25. The van der Waals surface area contributed by atoms with Gasteiger partial charge in [-0.2, -0.15) is 5.26 Å². The summed E-state index contributed by atoms with van der Waals surface area (Å²) in [4.78, 5) is 4.37.